The fraction of sp³-hybridized carbons (Fsp3) is 0.538. The molecule has 1 amide bonds. The van der Waals surface area contributed by atoms with Crippen LogP contribution in [0, 0.1) is 12.8 Å². The number of nitrogens with zero attached hydrogens (tertiary/aromatic N) is 3. The maximum absolute atomic E-state index is 12.7. The summed E-state index contributed by atoms with van der Waals surface area (Å²) in [5.41, 5.74) is 4.53. The Morgan fingerprint density at radius 1 is 1.13 bits per heavy atom. The lowest BCUT2D eigenvalue weighted by Gasteiger charge is -2.45. The van der Waals surface area contributed by atoms with Gasteiger partial charge in [0, 0.05) is 54.6 Å². The van der Waals surface area contributed by atoms with Gasteiger partial charge in [-0.25, -0.2) is 4.98 Å². The number of rotatable bonds is 4. The number of hydrogen-bond acceptors (Lipinski definition) is 4. The van der Waals surface area contributed by atoms with Crippen LogP contribution in [0.15, 0.2) is 36.4 Å². The number of aryl methyl sites for hydroxylation is 1. The first-order valence-electron chi connectivity index (χ1n) is 11.9. The molecule has 2 aliphatic heterocycles. The average Bonchev–Trinajstić information content (AvgIpc) is 3.04. The van der Waals surface area contributed by atoms with E-state index in [1.54, 1.807) is 6.92 Å². The van der Waals surface area contributed by atoms with Crippen molar-refractivity contribution in [2.75, 3.05) is 28.2 Å². The van der Waals surface area contributed by atoms with Crippen molar-refractivity contribution in [1.29, 1.82) is 0 Å². The van der Waals surface area contributed by atoms with Gasteiger partial charge in [0.05, 0.1) is 6.04 Å². The van der Waals surface area contributed by atoms with Crippen molar-refractivity contribution in [1.82, 2.24) is 4.98 Å². The number of benzene rings is 1. The molecule has 0 aliphatic carbocycles. The second-order valence-corrected chi connectivity index (χ2v) is 9.15. The predicted molar refractivity (Wildman–Crippen MR) is 129 cm³/mol. The molecule has 0 saturated carbocycles. The van der Waals surface area contributed by atoms with Crippen molar-refractivity contribution < 1.29 is 4.79 Å². The Balaban J connectivity index is 1.77. The molecule has 31 heavy (non-hydrogen) atoms. The zero-order valence-corrected chi connectivity index (χ0v) is 19.4. The lowest BCUT2D eigenvalue weighted by molar-refractivity contribution is -0.117. The lowest BCUT2D eigenvalue weighted by Crippen LogP contribution is -2.49. The Bertz CT molecular complexity index is 919. The molecular weight excluding hydrogens is 384 g/mol. The Morgan fingerprint density at radius 3 is 2.52 bits per heavy atom. The van der Waals surface area contributed by atoms with Crippen LogP contribution in [0.2, 0.25) is 0 Å². The summed E-state index contributed by atoms with van der Waals surface area (Å²) < 4.78 is 0. The first kappa shape index (κ1) is 21.7. The number of pyridine rings is 1. The fourth-order valence-electron chi connectivity index (χ4n) is 5.40. The summed E-state index contributed by atoms with van der Waals surface area (Å²) in [6.45, 7) is 10.4. The highest BCUT2D eigenvalue weighted by molar-refractivity contribution is 5.94. The van der Waals surface area contributed by atoms with Crippen LogP contribution >= 0.6 is 0 Å². The number of carbonyl (C=O) groups is 1. The van der Waals surface area contributed by atoms with Crippen LogP contribution in [-0.2, 0) is 4.79 Å². The van der Waals surface area contributed by atoms with E-state index >= 15 is 0 Å². The van der Waals surface area contributed by atoms with E-state index in [-0.39, 0.29) is 23.9 Å². The smallest absolute Gasteiger partial charge is 0.224 e. The Labute approximate surface area is 186 Å². The quantitative estimate of drug-likeness (QED) is 0.689. The number of aromatic nitrogens is 1. The van der Waals surface area contributed by atoms with Crippen LogP contribution in [0.4, 0.5) is 17.2 Å². The molecule has 0 unspecified atom stereocenters. The standard InChI is InChI=1S/C26H36N4O/c1-5-23-19(3)26(28-25-12-10-11-18(2)27-25)22-17-21(29-15-8-6-7-9-16-29)13-14-24(22)30(23)20(4)31/h10-14,17,19,23,26H,5-9,15-16H2,1-4H3,(H,27,28)/t19-,23-,26+/m0/s1. The lowest BCUT2D eigenvalue weighted by atomic mass is 9.80. The molecule has 2 aromatic rings. The van der Waals surface area contributed by atoms with Gasteiger partial charge < -0.3 is 15.1 Å². The van der Waals surface area contributed by atoms with Crippen molar-refractivity contribution in [3.05, 3.63) is 47.7 Å². The van der Waals surface area contributed by atoms with E-state index in [4.69, 9.17) is 4.98 Å². The van der Waals surface area contributed by atoms with E-state index in [0.717, 1.165) is 36.7 Å². The van der Waals surface area contributed by atoms with Crippen molar-refractivity contribution in [3.63, 3.8) is 0 Å². The Hall–Kier alpha value is -2.56. The summed E-state index contributed by atoms with van der Waals surface area (Å²) in [7, 11) is 0. The van der Waals surface area contributed by atoms with Crippen LogP contribution in [-0.4, -0.2) is 30.0 Å². The third kappa shape index (κ3) is 4.41. The molecule has 1 aromatic heterocycles. The minimum Gasteiger partial charge on any atom is -0.372 e. The highest BCUT2D eigenvalue weighted by atomic mass is 16.2. The molecule has 166 valence electrons. The molecule has 2 aliphatic rings. The summed E-state index contributed by atoms with van der Waals surface area (Å²) in [6.07, 6.45) is 6.06. The molecule has 5 heteroatoms. The molecule has 1 N–H and O–H groups in total. The molecule has 1 saturated heterocycles. The van der Waals surface area contributed by atoms with E-state index in [9.17, 15) is 4.79 Å². The van der Waals surface area contributed by atoms with Gasteiger partial charge in [0.25, 0.3) is 0 Å². The average molecular weight is 421 g/mol. The second kappa shape index (κ2) is 9.29. The predicted octanol–water partition coefficient (Wildman–Crippen LogP) is 5.70. The first-order chi connectivity index (χ1) is 15.0. The Kier molecular flexibility index (Phi) is 6.49. The van der Waals surface area contributed by atoms with Crippen LogP contribution in [0.3, 0.4) is 0 Å². The van der Waals surface area contributed by atoms with Crippen molar-refractivity contribution >= 4 is 23.1 Å². The summed E-state index contributed by atoms with van der Waals surface area (Å²) in [6, 6.07) is 13.1. The second-order valence-electron chi connectivity index (χ2n) is 9.15. The molecular formula is C26H36N4O. The van der Waals surface area contributed by atoms with E-state index in [0.29, 0.717) is 0 Å². The van der Waals surface area contributed by atoms with E-state index in [2.05, 4.69) is 42.3 Å². The van der Waals surface area contributed by atoms with Crippen LogP contribution in [0.5, 0.6) is 0 Å². The largest absolute Gasteiger partial charge is 0.372 e. The number of carbonyl (C=O) groups excluding carboxylic acids is 1. The van der Waals surface area contributed by atoms with Crippen LogP contribution in [0.1, 0.15) is 70.2 Å². The van der Waals surface area contributed by atoms with Gasteiger partial charge >= 0.3 is 0 Å². The van der Waals surface area contributed by atoms with Crippen molar-refractivity contribution in [2.45, 2.75) is 71.9 Å². The van der Waals surface area contributed by atoms with Gasteiger partial charge in [-0.2, -0.15) is 0 Å². The third-order valence-electron chi connectivity index (χ3n) is 6.99. The van der Waals surface area contributed by atoms with Crippen molar-refractivity contribution in [2.24, 2.45) is 5.92 Å². The molecule has 1 aromatic carbocycles. The third-order valence-corrected chi connectivity index (χ3v) is 6.99. The summed E-state index contributed by atoms with van der Waals surface area (Å²) in [5, 5.41) is 3.73. The molecule has 1 fully saturated rings. The van der Waals surface area contributed by atoms with E-state index in [1.807, 2.05) is 30.0 Å². The highest BCUT2D eigenvalue weighted by Crippen LogP contribution is 2.45. The maximum atomic E-state index is 12.7. The van der Waals surface area contributed by atoms with Gasteiger partial charge in [0.1, 0.15) is 5.82 Å². The molecule has 0 spiro atoms. The molecule has 4 rings (SSSR count). The van der Waals surface area contributed by atoms with Gasteiger partial charge in [0.2, 0.25) is 5.91 Å². The minimum absolute atomic E-state index is 0.108. The van der Waals surface area contributed by atoms with Gasteiger partial charge in [-0.3, -0.25) is 4.79 Å². The zero-order chi connectivity index (χ0) is 22.0. The molecule has 0 radical (unpaired) electrons. The number of amides is 1. The van der Waals surface area contributed by atoms with E-state index < -0.39 is 0 Å². The molecule has 3 heterocycles. The van der Waals surface area contributed by atoms with Crippen LogP contribution in [0.25, 0.3) is 0 Å². The molecule has 5 nitrogen and oxygen atoms in total. The number of fused-ring (bicyclic) bond motifs is 1. The van der Waals surface area contributed by atoms with E-state index in [1.165, 1.54) is 36.9 Å². The maximum Gasteiger partial charge on any atom is 0.224 e. The summed E-state index contributed by atoms with van der Waals surface area (Å²) >= 11 is 0. The molecule has 3 atom stereocenters. The summed E-state index contributed by atoms with van der Waals surface area (Å²) in [5.74, 6) is 1.28. The number of nitrogens with one attached hydrogen (secondary N) is 1. The minimum atomic E-state index is 0.108. The highest BCUT2D eigenvalue weighted by Gasteiger charge is 2.40. The Morgan fingerprint density at radius 2 is 1.87 bits per heavy atom. The fourth-order valence-corrected chi connectivity index (χ4v) is 5.40. The van der Waals surface area contributed by atoms with Gasteiger partial charge in [-0.15, -0.1) is 0 Å². The van der Waals surface area contributed by atoms with Gasteiger partial charge in [-0.05, 0) is 56.5 Å². The number of hydrogen-bond donors (Lipinski definition) is 1. The SMILES string of the molecule is CC[C@H]1[C@H](C)[C@@H](Nc2cccc(C)n2)c2cc(N3CCCCCC3)ccc2N1C(C)=O. The van der Waals surface area contributed by atoms with Gasteiger partial charge in [0.15, 0.2) is 0 Å². The normalized spacial score (nSPS) is 23.8. The zero-order valence-electron chi connectivity index (χ0n) is 19.4. The monoisotopic (exact) mass is 420 g/mol. The molecule has 0 bridgehead atoms. The van der Waals surface area contributed by atoms with Crippen molar-refractivity contribution in [3.8, 4) is 0 Å². The summed E-state index contributed by atoms with van der Waals surface area (Å²) in [4.78, 5) is 21.9. The van der Waals surface area contributed by atoms with Crippen LogP contribution < -0.4 is 15.1 Å². The van der Waals surface area contributed by atoms with Gasteiger partial charge in [-0.1, -0.05) is 32.8 Å². The number of anilines is 3. The first-order valence-corrected chi connectivity index (χ1v) is 11.9. The topological polar surface area (TPSA) is 48.5 Å².